The van der Waals surface area contributed by atoms with E-state index in [9.17, 15) is 4.39 Å². The largest absolute Gasteiger partial charge is 0.370 e. The lowest BCUT2D eigenvalue weighted by atomic mass is 10.2. The quantitative estimate of drug-likeness (QED) is 0.820. The number of hydrogen-bond acceptors (Lipinski definition) is 4. The lowest BCUT2D eigenvalue weighted by molar-refractivity contribution is 0.631. The summed E-state index contributed by atoms with van der Waals surface area (Å²) in [5.41, 5.74) is 0.369. The van der Waals surface area contributed by atoms with Crippen molar-refractivity contribution in [3.8, 4) is 0 Å². The topological polar surface area (TPSA) is 49.8 Å². The van der Waals surface area contributed by atoms with Crippen molar-refractivity contribution in [2.45, 2.75) is 26.7 Å². The molecule has 6 heteroatoms. The fraction of sp³-hybridized carbons (Fsp3) is 0.333. The standard InChI is InChI=1S/C15H18BrFN4/c1-4-18-12-8-13(21-15(20-12)9(2)3)19-14-10(16)6-5-7-11(14)17/h5-9H,4H2,1-3H3,(H2,18,19,20,21). The fourth-order valence-corrected chi connectivity index (χ4v) is 2.25. The summed E-state index contributed by atoms with van der Waals surface area (Å²) < 4.78 is 14.5. The van der Waals surface area contributed by atoms with Crippen LogP contribution in [0, 0.1) is 5.82 Å². The highest BCUT2D eigenvalue weighted by molar-refractivity contribution is 9.10. The fourth-order valence-electron chi connectivity index (χ4n) is 1.81. The molecule has 0 radical (unpaired) electrons. The van der Waals surface area contributed by atoms with Gasteiger partial charge in [-0.25, -0.2) is 14.4 Å². The predicted octanol–water partition coefficient (Wildman–Crippen LogP) is 4.68. The zero-order valence-corrected chi connectivity index (χ0v) is 13.8. The van der Waals surface area contributed by atoms with Crippen LogP contribution in [0.4, 0.5) is 21.7 Å². The van der Waals surface area contributed by atoms with E-state index < -0.39 is 0 Å². The molecule has 1 aromatic carbocycles. The van der Waals surface area contributed by atoms with Gasteiger partial charge in [-0.1, -0.05) is 19.9 Å². The molecule has 4 nitrogen and oxygen atoms in total. The van der Waals surface area contributed by atoms with Gasteiger partial charge in [-0.2, -0.15) is 0 Å². The summed E-state index contributed by atoms with van der Waals surface area (Å²) in [5, 5.41) is 6.18. The molecule has 1 heterocycles. The number of nitrogens with zero attached hydrogens (tertiary/aromatic N) is 2. The summed E-state index contributed by atoms with van der Waals surface area (Å²) in [6, 6.07) is 6.60. The Bertz CT molecular complexity index is 611. The second-order valence-electron chi connectivity index (χ2n) is 4.90. The maximum atomic E-state index is 13.9. The summed E-state index contributed by atoms with van der Waals surface area (Å²) in [7, 11) is 0. The van der Waals surface area contributed by atoms with Gasteiger partial charge in [0, 0.05) is 23.0 Å². The van der Waals surface area contributed by atoms with Crippen LogP contribution in [0.25, 0.3) is 0 Å². The number of aromatic nitrogens is 2. The van der Waals surface area contributed by atoms with Crippen molar-refractivity contribution in [2.24, 2.45) is 0 Å². The van der Waals surface area contributed by atoms with Gasteiger partial charge in [-0.3, -0.25) is 0 Å². The van der Waals surface area contributed by atoms with Crippen LogP contribution < -0.4 is 10.6 Å². The van der Waals surface area contributed by atoms with Gasteiger partial charge in [0.15, 0.2) is 0 Å². The van der Waals surface area contributed by atoms with Crippen molar-refractivity contribution in [3.63, 3.8) is 0 Å². The van der Waals surface area contributed by atoms with E-state index >= 15 is 0 Å². The van der Waals surface area contributed by atoms with Crippen molar-refractivity contribution in [1.82, 2.24) is 9.97 Å². The van der Waals surface area contributed by atoms with Crippen molar-refractivity contribution >= 4 is 33.3 Å². The first-order valence-corrected chi connectivity index (χ1v) is 7.64. The number of para-hydroxylation sites is 1. The first-order chi connectivity index (χ1) is 10.0. The predicted molar refractivity (Wildman–Crippen MR) is 87.7 cm³/mol. The maximum absolute atomic E-state index is 13.9. The smallest absolute Gasteiger partial charge is 0.147 e. The third kappa shape index (κ3) is 3.91. The lowest BCUT2D eigenvalue weighted by Crippen LogP contribution is -2.07. The van der Waals surface area contributed by atoms with Gasteiger partial charge in [0.25, 0.3) is 0 Å². The third-order valence-electron chi connectivity index (χ3n) is 2.83. The monoisotopic (exact) mass is 352 g/mol. The number of nitrogens with one attached hydrogen (secondary N) is 2. The molecule has 0 unspecified atom stereocenters. The zero-order valence-electron chi connectivity index (χ0n) is 12.2. The Kier molecular flexibility index (Phi) is 5.12. The minimum atomic E-state index is -0.334. The van der Waals surface area contributed by atoms with Gasteiger partial charge < -0.3 is 10.6 Å². The zero-order chi connectivity index (χ0) is 15.4. The molecule has 0 aliphatic rings. The molecule has 0 bridgehead atoms. The molecule has 0 spiro atoms. The molecule has 0 aliphatic carbocycles. The second kappa shape index (κ2) is 6.85. The average molecular weight is 353 g/mol. The number of rotatable bonds is 5. The second-order valence-corrected chi connectivity index (χ2v) is 5.76. The highest BCUT2D eigenvalue weighted by atomic mass is 79.9. The van der Waals surface area contributed by atoms with Crippen molar-refractivity contribution in [2.75, 3.05) is 17.2 Å². The molecule has 0 saturated carbocycles. The van der Waals surface area contributed by atoms with Gasteiger partial charge in [-0.15, -0.1) is 0 Å². The minimum absolute atomic E-state index is 0.188. The van der Waals surface area contributed by atoms with Crippen LogP contribution in [0.5, 0.6) is 0 Å². The van der Waals surface area contributed by atoms with Crippen LogP contribution in [0.1, 0.15) is 32.5 Å². The molecule has 0 amide bonds. The molecule has 2 aromatic rings. The van der Waals surface area contributed by atoms with Gasteiger partial charge in [0.2, 0.25) is 0 Å². The van der Waals surface area contributed by atoms with Crippen LogP contribution in [0.2, 0.25) is 0 Å². The van der Waals surface area contributed by atoms with Crippen LogP contribution in [-0.2, 0) is 0 Å². The molecule has 112 valence electrons. The lowest BCUT2D eigenvalue weighted by Gasteiger charge is -2.13. The first kappa shape index (κ1) is 15.7. The Morgan fingerprint density at radius 2 is 1.95 bits per heavy atom. The molecular formula is C15H18BrFN4. The highest BCUT2D eigenvalue weighted by Crippen LogP contribution is 2.29. The first-order valence-electron chi connectivity index (χ1n) is 6.85. The summed E-state index contributed by atoms with van der Waals surface area (Å²) in [6.07, 6.45) is 0. The number of halogens is 2. The summed E-state index contributed by atoms with van der Waals surface area (Å²) in [6.45, 7) is 6.80. The van der Waals surface area contributed by atoms with E-state index in [1.165, 1.54) is 6.07 Å². The van der Waals surface area contributed by atoms with E-state index in [-0.39, 0.29) is 11.7 Å². The van der Waals surface area contributed by atoms with E-state index in [0.29, 0.717) is 21.8 Å². The highest BCUT2D eigenvalue weighted by Gasteiger charge is 2.11. The molecule has 2 rings (SSSR count). The maximum Gasteiger partial charge on any atom is 0.147 e. The van der Waals surface area contributed by atoms with E-state index in [4.69, 9.17) is 0 Å². The molecule has 0 aliphatic heterocycles. The van der Waals surface area contributed by atoms with Crippen molar-refractivity contribution < 1.29 is 4.39 Å². The summed E-state index contributed by atoms with van der Waals surface area (Å²) in [5.74, 6) is 1.86. The van der Waals surface area contributed by atoms with E-state index in [0.717, 1.165) is 12.4 Å². The number of hydrogen-bond donors (Lipinski definition) is 2. The van der Waals surface area contributed by atoms with Crippen LogP contribution in [-0.4, -0.2) is 16.5 Å². The Labute approximate surface area is 132 Å². The average Bonchev–Trinajstić information content (AvgIpc) is 2.43. The van der Waals surface area contributed by atoms with Crippen molar-refractivity contribution in [1.29, 1.82) is 0 Å². The van der Waals surface area contributed by atoms with E-state index in [2.05, 4.69) is 36.5 Å². The molecule has 0 fully saturated rings. The van der Waals surface area contributed by atoms with Gasteiger partial charge in [0.05, 0.1) is 5.69 Å². The molecule has 1 aromatic heterocycles. The minimum Gasteiger partial charge on any atom is -0.370 e. The van der Waals surface area contributed by atoms with Crippen LogP contribution >= 0.6 is 15.9 Å². The van der Waals surface area contributed by atoms with Crippen LogP contribution in [0.15, 0.2) is 28.7 Å². The Hall–Kier alpha value is -1.69. The molecule has 0 saturated heterocycles. The van der Waals surface area contributed by atoms with Gasteiger partial charge in [-0.05, 0) is 35.0 Å². The summed E-state index contributed by atoms with van der Waals surface area (Å²) in [4.78, 5) is 8.88. The van der Waals surface area contributed by atoms with Gasteiger partial charge >= 0.3 is 0 Å². The van der Waals surface area contributed by atoms with E-state index in [1.54, 1.807) is 18.2 Å². The molecule has 0 atom stereocenters. The molecular weight excluding hydrogens is 335 g/mol. The van der Waals surface area contributed by atoms with Gasteiger partial charge in [0.1, 0.15) is 23.3 Å². The Morgan fingerprint density at radius 1 is 1.24 bits per heavy atom. The Balaban J connectivity index is 2.39. The molecule has 2 N–H and O–H groups in total. The van der Waals surface area contributed by atoms with Crippen molar-refractivity contribution in [3.05, 3.63) is 40.4 Å². The normalized spacial score (nSPS) is 10.8. The summed E-state index contributed by atoms with van der Waals surface area (Å²) >= 11 is 3.34. The Morgan fingerprint density at radius 3 is 2.57 bits per heavy atom. The number of benzene rings is 1. The SMILES string of the molecule is CCNc1cc(Nc2c(F)cccc2Br)nc(C(C)C)n1. The third-order valence-corrected chi connectivity index (χ3v) is 3.49. The van der Waals surface area contributed by atoms with E-state index in [1.807, 2.05) is 20.8 Å². The number of anilines is 3. The van der Waals surface area contributed by atoms with Crippen LogP contribution in [0.3, 0.4) is 0 Å². The molecule has 21 heavy (non-hydrogen) atoms.